The maximum absolute atomic E-state index is 13.8. The lowest BCUT2D eigenvalue weighted by atomic mass is 10.1. The number of carbonyl (C=O) groups excluding carboxylic acids is 4. The standard InChI is InChI=1S/C42H42N10O6/c1-25(48-39(53)35(51-42(56)57-3)28-11-6-4-7-12-28)37-46-22-31(49-37)27-18-16-26(17-19-27)30-21-45-32(23-44-30)33-24-47-38(50-33)34-15-10-20-52(34)40(54)36(58-41(55)43-2)29-13-8-5-9-14-29/h4-9,11-14,16-19,21-25,34-36H,10,15,20H2,1-3H3,(H,43,55)(H,46,49)(H,47,50)(H,48,53)(H,51,56)/t25-,34+,35-,36?/m1/s1. The van der Waals surface area contributed by atoms with E-state index in [1.807, 2.05) is 36.4 Å². The molecule has 0 saturated carbocycles. The number of alkyl carbamates (subject to hydrolysis) is 2. The maximum Gasteiger partial charge on any atom is 0.408 e. The van der Waals surface area contributed by atoms with Crippen LogP contribution in [-0.4, -0.2) is 79.5 Å². The first-order valence-corrected chi connectivity index (χ1v) is 18.7. The molecule has 296 valence electrons. The van der Waals surface area contributed by atoms with Crippen LogP contribution in [0.4, 0.5) is 9.59 Å². The zero-order chi connectivity index (χ0) is 40.6. The molecule has 0 aliphatic carbocycles. The Morgan fingerprint density at radius 2 is 1.40 bits per heavy atom. The van der Waals surface area contributed by atoms with Crippen molar-refractivity contribution in [3.63, 3.8) is 0 Å². The van der Waals surface area contributed by atoms with Gasteiger partial charge in [0, 0.05) is 24.7 Å². The predicted octanol–water partition coefficient (Wildman–Crippen LogP) is 5.96. The van der Waals surface area contributed by atoms with Crippen molar-refractivity contribution in [2.45, 2.75) is 44.0 Å². The number of carbonyl (C=O) groups is 4. The number of nitrogens with zero attached hydrogens (tertiary/aromatic N) is 5. The van der Waals surface area contributed by atoms with E-state index in [0.717, 1.165) is 23.2 Å². The van der Waals surface area contributed by atoms with Crippen molar-refractivity contribution in [3.05, 3.63) is 132 Å². The fourth-order valence-corrected chi connectivity index (χ4v) is 6.78. The third kappa shape index (κ3) is 8.70. The van der Waals surface area contributed by atoms with Crippen molar-refractivity contribution >= 4 is 24.0 Å². The van der Waals surface area contributed by atoms with Crippen LogP contribution in [0.1, 0.15) is 66.8 Å². The minimum absolute atomic E-state index is 0.319. The smallest absolute Gasteiger partial charge is 0.408 e. The van der Waals surface area contributed by atoms with Gasteiger partial charge in [-0.25, -0.2) is 19.6 Å². The highest BCUT2D eigenvalue weighted by atomic mass is 16.6. The lowest BCUT2D eigenvalue weighted by Gasteiger charge is -2.27. The summed E-state index contributed by atoms with van der Waals surface area (Å²) >= 11 is 0. The second-order valence-corrected chi connectivity index (χ2v) is 13.6. The van der Waals surface area contributed by atoms with Gasteiger partial charge < -0.3 is 40.3 Å². The Morgan fingerprint density at radius 1 is 0.741 bits per heavy atom. The fourth-order valence-electron chi connectivity index (χ4n) is 6.78. The molecule has 1 unspecified atom stereocenters. The first-order chi connectivity index (χ1) is 28.2. The Hall–Kier alpha value is -7.36. The third-order valence-corrected chi connectivity index (χ3v) is 9.83. The summed E-state index contributed by atoms with van der Waals surface area (Å²) in [6, 6.07) is 23.8. The first kappa shape index (κ1) is 38.9. The van der Waals surface area contributed by atoms with Gasteiger partial charge in [0.1, 0.15) is 23.4 Å². The maximum atomic E-state index is 13.8. The Kier molecular flexibility index (Phi) is 11.8. The molecule has 0 bridgehead atoms. The third-order valence-electron chi connectivity index (χ3n) is 9.83. The van der Waals surface area contributed by atoms with Gasteiger partial charge in [0.2, 0.25) is 12.0 Å². The van der Waals surface area contributed by atoms with Crippen LogP contribution < -0.4 is 16.0 Å². The summed E-state index contributed by atoms with van der Waals surface area (Å²) in [5.41, 5.74) is 5.58. The van der Waals surface area contributed by atoms with Gasteiger partial charge in [-0.1, -0.05) is 84.9 Å². The van der Waals surface area contributed by atoms with Gasteiger partial charge >= 0.3 is 12.2 Å². The van der Waals surface area contributed by atoms with E-state index in [1.54, 1.807) is 85.1 Å². The number of rotatable bonds is 12. The van der Waals surface area contributed by atoms with E-state index in [2.05, 4.69) is 45.9 Å². The van der Waals surface area contributed by atoms with Crippen molar-refractivity contribution in [3.8, 4) is 33.9 Å². The van der Waals surface area contributed by atoms with Crippen LogP contribution >= 0.6 is 0 Å². The number of hydrogen-bond donors (Lipinski definition) is 5. The summed E-state index contributed by atoms with van der Waals surface area (Å²) in [6.45, 7) is 2.30. The molecule has 6 aromatic rings. The normalized spacial score (nSPS) is 15.2. The number of H-pyrrole nitrogens is 2. The number of amides is 4. The molecule has 1 aliphatic rings. The van der Waals surface area contributed by atoms with E-state index in [4.69, 9.17) is 9.47 Å². The zero-order valence-electron chi connectivity index (χ0n) is 32.0. The highest BCUT2D eigenvalue weighted by Crippen LogP contribution is 2.35. The first-order valence-electron chi connectivity index (χ1n) is 18.7. The summed E-state index contributed by atoms with van der Waals surface area (Å²) in [6.07, 6.45) is 5.69. The molecule has 3 aromatic carbocycles. The number of nitrogens with one attached hydrogen (secondary N) is 5. The van der Waals surface area contributed by atoms with E-state index < -0.39 is 36.3 Å². The zero-order valence-corrected chi connectivity index (χ0v) is 32.0. The van der Waals surface area contributed by atoms with Gasteiger partial charge in [-0.3, -0.25) is 19.6 Å². The van der Waals surface area contributed by atoms with Crippen LogP contribution in [0, 0.1) is 0 Å². The summed E-state index contributed by atoms with van der Waals surface area (Å²) in [5.74, 6) is 0.418. The molecule has 4 atom stereocenters. The number of likely N-dealkylation sites (tertiary alicyclic amines) is 1. The van der Waals surface area contributed by atoms with Gasteiger partial charge in [0.25, 0.3) is 5.91 Å². The molecule has 5 N–H and O–H groups in total. The largest absolute Gasteiger partial charge is 0.453 e. The molecule has 0 radical (unpaired) electrons. The Labute approximate surface area is 333 Å². The quantitative estimate of drug-likeness (QED) is 0.0984. The van der Waals surface area contributed by atoms with E-state index in [-0.39, 0.29) is 11.9 Å². The average Bonchev–Trinajstić information content (AvgIpc) is 4.07. The van der Waals surface area contributed by atoms with E-state index in [1.165, 1.54) is 14.2 Å². The number of aromatic nitrogens is 6. The number of hydrogen-bond acceptors (Lipinski definition) is 10. The van der Waals surface area contributed by atoms with Crippen LogP contribution in [-0.2, 0) is 19.1 Å². The van der Waals surface area contributed by atoms with Crippen LogP contribution in [0.25, 0.3) is 33.9 Å². The summed E-state index contributed by atoms with van der Waals surface area (Å²) in [4.78, 5) is 78.0. The molecule has 1 aliphatic heterocycles. The molecule has 58 heavy (non-hydrogen) atoms. The van der Waals surface area contributed by atoms with Crippen LogP contribution in [0.15, 0.2) is 110 Å². The monoisotopic (exact) mass is 782 g/mol. The number of aromatic amines is 2. The second-order valence-electron chi connectivity index (χ2n) is 13.6. The van der Waals surface area contributed by atoms with Gasteiger partial charge in [-0.05, 0) is 30.9 Å². The number of imidazole rings is 2. The lowest BCUT2D eigenvalue weighted by molar-refractivity contribution is -0.141. The average molecular weight is 783 g/mol. The van der Waals surface area contributed by atoms with Crippen LogP contribution in [0.5, 0.6) is 0 Å². The molecule has 4 heterocycles. The molecule has 16 heteroatoms. The highest BCUT2D eigenvalue weighted by Gasteiger charge is 2.38. The molecule has 7 rings (SSSR count). The Bertz CT molecular complexity index is 2350. The topological polar surface area (TPSA) is 209 Å². The number of methoxy groups -OCH3 is 1. The number of benzene rings is 3. The minimum Gasteiger partial charge on any atom is -0.453 e. The molecule has 0 spiro atoms. The van der Waals surface area contributed by atoms with Gasteiger partial charge in [0.05, 0.1) is 61.1 Å². The van der Waals surface area contributed by atoms with Gasteiger partial charge in [0.15, 0.2) is 0 Å². The molecule has 1 fully saturated rings. The molecule has 3 aromatic heterocycles. The van der Waals surface area contributed by atoms with Crippen molar-refractivity contribution in [2.24, 2.45) is 0 Å². The van der Waals surface area contributed by atoms with Gasteiger partial charge in [-0.2, -0.15) is 0 Å². The summed E-state index contributed by atoms with van der Waals surface area (Å²) < 4.78 is 10.3. The SMILES string of the molecule is CNC(=O)OC(C(=O)N1CCC[C@H]1c1ncc(-c2cnc(-c3ccc(-c4cnc([C@@H](C)NC(=O)[C@H](NC(=O)OC)c5ccccc5)[nH]4)cc3)cn2)[nH]1)c1ccccc1. The van der Waals surface area contributed by atoms with Crippen molar-refractivity contribution in [1.82, 2.24) is 50.8 Å². The molecule has 4 amide bonds. The highest BCUT2D eigenvalue weighted by molar-refractivity contribution is 5.87. The van der Waals surface area contributed by atoms with Crippen molar-refractivity contribution < 1.29 is 28.7 Å². The summed E-state index contributed by atoms with van der Waals surface area (Å²) in [7, 11) is 2.69. The van der Waals surface area contributed by atoms with E-state index in [9.17, 15) is 19.2 Å². The molecule has 16 nitrogen and oxygen atoms in total. The lowest BCUT2D eigenvalue weighted by Crippen LogP contribution is -2.41. The Balaban J connectivity index is 0.990. The van der Waals surface area contributed by atoms with Crippen LogP contribution in [0.3, 0.4) is 0 Å². The number of ether oxygens (including phenoxy) is 2. The minimum atomic E-state index is -1.10. The molecular weight excluding hydrogens is 741 g/mol. The van der Waals surface area contributed by atoms with Gasteiger partial charge in [-0.15, -0.1) is 0 Å². The molecular formula is C42H42N10O6. The van der Waals surface area contributed by atoms with Crippen molar-refractivity contribution in [2.75, 3.05) is 20.7 Å². The van der Waals surface area contributed by atoms with E-state index >= 15 is 0 Å². The van der Waals surface area contributed by atoms with E-state index in [0.29, 0.717) is 52.8 Å². The predicted molar refractivity (Wildman–Crippen MR) is 212 cm³/mol. The van der Waals surface area contributed by atoms with Crippen LogP contribution in [0.2, 0.25) is 0 Å². The summed E-state index contributed by atoms with van der Waals surface area (Å²) in [5, 5.41) is 7.94. The second kappa shape index (κ2) is 17.6. The fraction of sp³-hybridized carbons (Fsp3) is 0.238. The Morgan fingerprint density at radius 3 is 2.07 bits per heavy atom. The molecule has 1 saturated heterocycles. The van der Waals surface area contributed by atoms with Crippen molar-refractivity contribution in [1.29, 1.82) is 0 Å².